The zero-order valence-corrected chi connectivity index (χ0v) is 19.0. The molecule has 3 aromatic rings. The second-order valence-corrected chi connectivity index (χ2v) is 9.07. The van der Waals surface area contributed by atoms with Crippen molar-refractivity contribution in [2.75, 3.05) is 13.2 Å². The molecule has 0 spiro atoms. The molecule has 1 aliphatic rings. The average Bonchev–Trinajstić information content (AvgIpc) is 3.25. The highest BCUT2D eigenvalue weighted by Crippen LogP contribution is 2.34. The standard InChI is InChI=1S/C25H24N2O2S2/c1-3-13-27-24(28)23(31-25(27)30)16-19-17-26(22-8-5-4-7-21(19)22)14-6-15-29-20-11-9-18(2)10-12-20/h3-5,7-12,16-17H,1,6,13-15H2,2H3/b23-16+. The molecule has 0 bridgehead atoms. The third-order valence-corrected chi connectivity index (χ3v) is 6.50. The summed E-state index contributed by atoms with van der Waals surface area (Å²) < 4.78 is 8.67. The fourth-order valence-electron chi connectivity index (χ4n) is 3.56. The Labute approximate surface area is 192 Å². The number of thioether (sulfide) groups is 1. The minimum absolute atomic E-state index is 0.0572. The number of amides is 1. The molecule has 0 unspecified atom stereocenters. The molecule has 158 valence electrons. The van der Waals surface area contributed by atoms with Crippen LogP contribution in [0.15, 0.2) is 72.3 Å². The second-order valence-electron chi connectivity index (χ2n) is 7.39. The zero-order chi connectivity index (χ0) is 21.8. The van der Waals surface area contributed by atoms with Crippen LogP contribution in [0.1, 0.15) is 17.5 Å². The summed E-state index contributed by atoms with van der Waals surface area (Å²) in [6.07, 6.45) is 6.63. The summed E-state index contributed by atoms with van der Waals surface area (Å²) in [5.74, 6) is 0.837. The third-order valence-electron chi connectivity index (χ3n) is 5.12. The molecular weight excluding hydrogens is 424 g/mol. The van der Waals surface area contributed by atoms with Crippen molar-refractivity contribution in [1.29, 1.82) is 0 Å². The lowest BCUT2D eigenvalue weighted by Crippen LogP contribution is -2.27. The van der Waals surface area contributed by atoms with E-state index in [9.17, 15) is 4.79 Å². The van der Waals surface area contributed by atoms with Crippen molar-refractivity contribution in [3.8, 4) is 5.75 Å². The molecule has 4 nitrogen and oxygen atoms in total. The van der Waals surface area contributed by atoms with Crippen LogP contribution >= 0.6 is 24.0 Å². The van der Waals surface area contributed by atoms with E-state index in [-0.39, 0.29) is 5.91 Å². The summed E-state index contributed by atoms with van der Waals surface area (Å²) in [5, 5.41) is 1.12. The van der Waals surface area contributed by atoms with Gasteiger partial charge in [-0.05, 0) is 37.6 Å². The van der Waals surface area contributed by atoms with Crippen LogP contribution in [-0.2, 0) is 11.3 Å². The number of para-hydroxylation sites is 1. The van der Waals surface area contributed by atoms with E-state index in [4.69, 9.17) is 17.0 Å². The van der Waals surface area contributed by atoms with Crippen molar-refractivity contribution >= 4 is 51.2 Å². The number of thiocarbonyl (C=S) groups is 1. The van der Waals surface area contributed by atoms with Gasteiger partial charge in [0.05, 0.1) is 11.5 Å². The normalized spacial score (nSPS) is 15.3. The van der Waals surface area contributed by atoms with E-state index in [1.165, 1.54) is 17.3 Å². The maximum Gasteiger partial charge on any atom is 0.266 e. The van der Waals surface area contributed by atoms with Gasteiger partial charge in [-0.3, -0.25) is 9.69 Å². The summed E-state index contributed by atoms with van der Waals surface area (Å²) in [7, 11) is 0. The fourth-order valence-corrected chi connectivity index (χ4v) is 4.83. The Morgan fingerprint density at radius 1 is 1.16 bits per heavy atom. The molecule has 6 heteroatoms. The number of fused-ring (bicyclic) bond motifs is 1. The van der Waals surface area contributed by atoms with Gasteiger partial charge >= 0.3 is 0 Å². The molecule has 0 radical (unpaired) electrons. The van der Waals surface area contributed by atoms with Crippen LogP contribution in [0.2, 0.25) is 0 Å². The Balaban J connectivity index is 1.50. The van der Waals surface area contributed by atoms with E-state index in [0.717, 1.165) is 35.2 Å². The first kappa shape index (κ1) is 21.4. The molecule has 0 N–H and O–H groups in total. The molecule has 1 aromatic heterocycles. The number of aryl methyl sites for hydroxylation is 2. The Morgan fingerprint density at radius 3 is 2.71 bits per heavy atom. The Kier molecular flexibility index (Phi) is 6.59. The van der Waals surface area contributed by atoms with Gasteiger partial charge in [0, 0.05) is 35.8 Å². The second kappa shape index (κ2) is 9.54. The lowest BCUT2D eigenvalue weighted by Gasteiger charge is -2.10. The number of benzene rings is 2. The molecule has 1 saturated heterocycles. The van der Waals surface area contributed by atoms with Crippen molar-refractivity contribution < 1.29 is 9.53 Å². The van der Waals surface area contributed by atoms with Crippen LogP contribution in [0.25, 0.3) is 17.0 Å². The minimum atomic E-state index is -0.0572. The van der Waals surface area contributed by atoms with Crippen LogP contribution in [-0.4, -0.2) is 32.8 Å². The first-order valence-electron chi connectivity index (χ1n) is 10.2. The van der Waals surface area contributed by atoms with Crippen molar-refractivity contribution in [3.63, 3.8) is 0 Å². The lowest BCUT2D eigenvalue weighted by molar-refractivity contribution is -0.121. The van der Waals surface area contributed by atoms with Crippen LogP contribution < -0.4 is 4.74 Å². The van der Waals surface area contributed by atoms with Crippen LogP contribution in [0, 0.1) is 6.92 Å². The molecule has 1 amide bonds. The van der Waals surface area contributed by atoms with E-state index < -0.39 is 0 Å². The van der Waals surface area contributed by atoms with Gasteiger partial charge in [-0.25, -0.2) is 0 Å². The van der Waals surface area contributed by atoms with E-state index in [1.54, 1.807) is 11.0 Å². The topological polar surface area (TPSA) is 34.5 Å². The predicted octanol–water partition coefficient (Wildman–Crippen LogP) is 5.81. The maximum atomic E-state index is 12.7. The van der Waals surface area contributed by atoms with Gasteiger partial charge in [0.1, 0.15) is 10.1 Å². The highest BCUT2D eigenvalue weighted by molar-refractivity contribution is 8.26. The molecule has 0 saturated carbocycles. The third kappa shape index (κ3) is 4.75. The highest BCUT2D eigenvalue weighted by Gasteiger charge is 2.31. The van der Waals surface area contributed by atoms with E-state index in [1.807, 2.05) is 30.3 Å². The summed E-state index contributed by atoms with van der Waals surface area (Å²) in [5.41, 5.74) is 3.39. The van der Waals surface area contributed by atoms with Gasteiger partial charge in [-0.1, -0.05) is 66.0 Å². The lowest BCUT2D eigenvalue weighted by atomic mass is 10.1. The number of rotatable bonds is 8. The van der Waals surface area contributed by atoms with Crippen molar-refractivity contribution in [3.05, 3.63) is 83.4 Å². The smallest absolute Gasteiger partial charge is 0.266 e. The molecule has 31 heavy (non-hydrogen) atoms. The van der Waals surface area contributed by atoms with Gasteiger partial charge in [0.25, 0.3) is 5.91 Å². The van der Waals surface area contributed by atoms with Crippen molar-refractivity contribution in [2.45, 2.75) is 19.9 Å². The van der Waals surface area contributed by atoms with Gasteiger partial charge in [0.2, 0.25) is 0 Å². The van der Waals surface area contributed by atoms with Gasteiger partial charge in [-0.15, -0.1) is 6.58 Å². The number of hydrogen-bond acceptors (Lipinski definition) is 4. The fraction of sp³-hybridized carbons (Fsp3) is 0.200. The van der Waals surface area contributed by atoms with E-state index >= 15 is 0 Å². The SMILES string of the molecule is C=CCN1C(=O)/C(=C\c2cn(CCCOc3ccc(C)cc3)c3ccccc23)SC1=S. The summed E-state index contributed by atoms with van der Waals surface area (Å²) in [4.78, 5) is 14.9. The Bertz CT molecular complexity index is 1160. The first-order chi connectivity index (χ1) is 15.1. The van der Waals surface area contributed by atoms with Gasteiger partial charge in [-0.2, -0.15) is 0 Å². The molecule has 4 rings (SSSR count). The number of ether oxygens (including phenoxy) is 1. The molecule has 2 heterocycles. The quantitative estimate of drug-likeness (QED) is 0.189. The minimum Gasteiger partial charge on any atom is -0.494 e. The largest absolute Gasteiger partial charge is 0.494 e. The average molecular weight is 449 g/mol. The van der Waals surface area contributed by atoms with Gasteiger partial charge in [0.15, 0.2) is 0 Å². The van der Waals surface area contributed by atoms with Crippen molar-refractivity contribution in [2.24, 2.45) is 0 Å². The van der Waals surface area contributed by atoms with Crippen LogP contribution in [0.3, 0.4) is 0 Å². The summed E-state index contributed by atoms with van der Waals surface area (Å²) in [6.45, 7) is 7.68. The van der Waals surface area contributed by atoms with Crippen molar-refractivity contribution in [1.82, 2.24) is 9.47 Å². The maximum absolute atomic E-state index is 12.7. The number of nitrogens with zero attached hydrogens (tertiary/aromatic N) is 2. The molecular formula is C25H24N2O2S2. The number of carbonyl (C=O) groups excluding carboxylic acids is 1. The predicted molar refractivity (Wildman–Crippen MR) is 133 cm³/mol. The number of carbonyl (C=O) groups is 1. The summed E-state index contributed by atoms with van der Waals surface area (Å²) in [6, 6.07) is 16.4. The molecule has 0 aliphatic carbocycles. The molecule has 1 fully saturated rings. The van der Waals surface area contributed by atoms with Crippen LogP contribution in [0.5, 0.6) is 5.75 Å². The van der Waals surface area contributed by atoms with Crippen LogP contribution in [0.4, 0.5) is 0 Å². The number of hydrogen-bond donors (Lipinski definition) is 0. The monoisotopic (exact) mass is 448 g/mol. The molecule has 1 aliphatic heterocycles. The molecule has 0 atom stereocenters. The number of aromatic nitrogens is 1. The zero-order valence-electron chi connectivity index (χ0n) is 17.4. The Hall–Kier alpha value is -2.83. The highest BCUT2D eigenvalue weighted by atomic mass is 32.2. The van der Waals surface area contributed by atoms with E-state index in [0.29, 0.717) is 22.4 Å². The Morgan fingerprint density at radius 2 is 1.94 bits per heavy atom. The first-order valence-corrected chi connectivity index (χ1v) is 11.4. The summed E-state index contributed by atoms with van der Waals surface area (Å²) >= 11 is 6.70. The van der Waals surface area contributed by atoms with Gasteiger partial charge < -0.3 is 9.30 Å². The molecule has 2 aromatic carbocycles. The van der Waals surface area contributed by atoms with E-state index in [2.05, 4.69) is 48.5 Å².